The number of aliphatic imine (C=N–C) groups is 1. The zero-order valence-electron chi connectivity index (χ0n) is 11.7. The van der Waals surface area contributed by atoms with E-state index in [1.807, 2.05) is 0 Å². The Kier molecular flexibility index (Phi) is 5.95. The van der Waals surface area contributed by atoms with Crippen molar-refractivity contribution in [2.24, 2.45) is 10.7 Å². The van der Waals surface area contributed by atoms with Crippen molar-refractivity contribution in [2.75, 3.05) is 13.7 Å². The highest BCUT2D eigenvalue weighted by Gasteiger charge is 2.33. The normalized spacial score (nSPS) is 14.1. The van der Waals surface area contributed by atoms with Gasteiger partial charge in [-0.1, -0.05) is 6.07 Å². The van der Waals surface area contributed by atoms with E-state index in [1.165, 1.54) is 7.11 Å². The number of halogens is 4. The van der Waals surface area contributed by atoms with E-state index in [4.69, 9.17) is 10.5 Å². The zero-order chi connectivity index (χ0) is 16.0. The summed E-state index contributed by atoms with van der Waals surface area (Å²) in [5.41, 5.74) is 4.37. The van der Waals surface area contributed by atoms with Crippen molar-refractivity contribution >= 4 is 5.96 Å². The van der Waals surface area contributed by atoms with Gasteiger partial charge < -0.3 is 15.8 Å². The molecule has 1 rings (SSSR count). The summed E-state index contributed by atoms with van der Waals surface area (Å²) < 4.78 is 56.2. The first-order chi connectivity index (χ1) is 9.74. The fourth-order valence-electron chi connectivity index (χ4n) is 1.71. The molecule has 0 aliphatic carbocycles. The van der Waals surface area contributed by atoms with Crippen LogP contribution in [0.15, 0.2) is 23.2 Å². The van der Waals surface area contributed by atoms with Crippen molar-refractivity contribution in [1.29, 1.82) is 0 Å². The maximum atomic E-state index is 12.9. The van der Waals surface area contributed by atoms with E-state index in [2.05, 4.69) is 10.3 Å². The van der Waals surface area contributed by atoms with Crippen LogP contribution in [0.4, 0.5) is 17.6 Å². The van der Waals surface area contributed by atoms with Gasteiger partial charge in [0.1, 0.15) is 5.82 Å². The average Bonchev–Trinajstić information content (AvgIpc) is 2.36. The van der Waals surface area contributed by atoms with Crippen LogP contribution in [0.25, 0.3) is 0 Å². The second kappa shape index (κ2) is 7.26. The van der Waals surface area contributed by atoms with Gasteiger partial charge in [0.15, 0.2) is 5.96 Å². The fourth-order valence-corrected chi connectivity index (χ4v) is 1.71. The Bertz CT molecular complexity index is 503. The van der Waals surface area contributed by atoms with Crippen molar-refractivity contribution in [1.82, 2.24) is 5.32 Å². The molecule has 0 aromatic heterocycles. The number of benzene rings is 1. The molecule has 1 unspecified atom stereocenters. The molecule has 0 aliphatic heterocycles. The van der Waals surface area contributed by atoms with Crippen molar-refractivity contribution in [3.05, 3.63) is 35.1 Å². The topological polar surface area (TPSA) is 59.6 Å². The number of ether oxygens (including phenoxy) is 1. The highest BCUT2D eigenvalue weighted by atomic mass is 19.4. The van der Waals surface area contributed by atoms with Crippen LogP contribution in [0.5, 0.6) is 0 Å². The van der Waals surface area contributed by atoms with E-state index in [0.29, 0.717) is 12.7 Å². The van der Waals surface area contributed by atoms with Gasteiger partial charge in [0.05, 0.1) is 18.7 Å². The third kappa shape index (κ3) is 5.58. The molecule has 0 bridgehead atoms. The quantitative estimate of drug-likeness (QED) is 0.498. The Morgan fingerprint density at radius 3 is 2.67 bits per heavy atom. The molecule has 1 aromatic rings. The number of nitrogens with two attached hydrogens (primary N) is 1. The molecule has 0 fully saturated rings. The van der Waals surface area contributed by atoms with Gasteiger partial charge in [0.2, 0.25) is 0 Å². The molecule has 0 saturated heterocycles. The lowest BCUT2D eigenvalue weighted by molar-refractivity contribution is -0.138. The summed E-state index contributed by atoms with van der Waals surface area (Å²) >= 11 is 0. The van der Waals surface area contributed by atoms with Crippen LogP contribution >= 0.6 is 0 Å². The molecular formula is C13H17F4N3O. The molecule has 1 atom stereocenters. The third-order valence-corrected chi connectivity index (χ3v) is 2.61. The van der Waals surface area contributed by atoms with E-state index in [9.17, 15) is 17.6 Å². The first-order valence-corrected chi connectivity index (χ1v) is 6.15. The van der Waals surface area contributed by atoms with Crippen molar-refractivity contribution < 1.29 is 22.3 Å². The van der Waals surface area contributed by atoms with Crippen LogP contribution in [0.2, 0.25) is 0 Å². The lowest BCUT2D eigenvalue weighted by Crippen LogP contribution is -2.40. The van der Waals surface area contributed by atoms with Gasteiger partial charge in [-0.25, -0.2) is 9.38 Å². The second-order valence-electron chi connectivity index (χ2n) is 4.50. The Labute approximate surface area is 120 Å². The van der Waals surface area contributed by atoms with Crippen LogP contribution in [-0.2, 0) is 17.5 Å². The third-order valence-electron chi connectivity index (χ3n) is 2.61. The minimum Gasteiger partial charge on any atom is -0.383 e. The van der Waals surface area contributed by atoms with Crippen LogP contribution in [0.3, 0.4) is 0 Å². The van der Waals surface area contributed by atoms with Gasteiger partial charge >= 0.3 is 6.18 Å². The summed E-state index contributed by atoms with van der Waals surface area (Å²) in [5, 5.41) is 2.77. The predicted octanol–water partition coefficient (Wildman–Crippen LogP) is 2.28. The minimum atomic E-state index is -4.64. The molecule has 0 radical (unpaired) electrons. The summed E-state index contributed by atoms with van der Waals surface area (Å²) in [4.78, 5) is 3.83. The first-order valence-electron chi connectivity index (χ1n) is 6.15. The van der Waals surface area contributed by atoms with E-state index in [1.54, 1.807) is 6.92 Å². The number of hydrogen-bond acceptors (Lipinski definition) is 2. The van der Waals surface area contributed by atoms with Gasteiger partial charge in [-0.3, -0.25) is 0 Å². The van der Waals surface area contributed by atoms with Crippen LogP contribution in [0, 0.1) is 5.82 Å². The number of alkyl halides is 3. The first kappa shape index (κ1) is 17.2. The smallest absolute Gasteiger partial charge is 0.383 e. The summed E-state index contributed by atoms with van der Waals surface area (Å²) in [6.45, 7) is 1.86. The van der Waals surface area contributed by atoms with Gasteiger partial charge in [-0.15, -0.1) is 0 Å². The standard InChI is InChI=1S/C13H17F4N3O/c1-8(7-21-2)20-12(18)19-6-9-3-4-10(14)5-11(9)13(15,16)17/h3-5,8H,6-7H2,1-2H3,(H3,18,19,20). The Morgan fingerprint density at radius 2 is 2.10 bits per heavy atom. The number of hydrogen-bond donors (Lipinski definition) is 2. The molecule has 1 aromatic carbocycles. The minimum absolute atomic E-state index is 0.00278. The average molecular weight is 307 g/mol. The van der Waals surface area contributed by atoms with Crippen molar-refractivity contribution in [3.63, 3.8) is 0 Å². The molecular weight excluding hydrogens is 290 g/mol. The number of rotatable bonds is 5. The lowest BCUT2D eigenvalue weighted by Gasteiger charge is -2.14. The largest absolute Gasteiger partial charge is 0.416 e. The van der Waals surface area contributed by atoms with Crippen LogP contribution in [-0.4, -0.2) is 25.7 Å². The molecule has 0 aliphatic rings. The molecule has 4 nitrogen and oxygen atoms in total. The fraction of sp³-hybridized carbons (Fsp3) is 0.462. The second-order valence-corrected chi connectivity index (χ2v) is 4.50. The van der Waals surface area contributed by atoms with E-state index in [0.717, 1.165) is 12.1 Å². The van der Waals surface area contributed by atoms with Crippen molar-refractivity contribution in [3.8, 4) is 0 Å². The maximum Gasteiger partial charge on any atom is 0.416 e. The lowest BCUT2D eigenvalue weighted by atomic mass is 10.1. The Balaban J connectivity index is 2.84. The Morgan fingerprint density at radius 1 is 1.43 bits per heavy atom. The summed E-state index contributed by atoms with van der Waals surface area (Å²) in [5.74, 6) is -0.952. The number of methoxy groups -OCH3 is 1. The van der Waals surface area contributed by atoms with E-state index in [-0.39, 0.29) is 24.1 Å². The molecule has 8 heteroatoms. The highest BCUT2D eigenvalue weighted by Crippen LogP contribution is 2.32. The predicted molar refractivity (Wildman–Crippen MR) is 71.2 cm³/mol. The monoisotopic (exact) mass is 307 g/mol. The molecule has 21 heavy (non-hydrogen) atoms. The molecule has 0 amide bonds. The SMILES string of the molecule is COCC(C)NC(N)=NCc1ccc(F)cc1C(F)(F)F. The van der Waals surface area contributed by atoms with Crippen LogP contribution in [0.1, 0.15) is 18.1 Å². The summed E-state index contributed by atoms with van der Waals surface area (Å²) in [7, 11) is 1.51. The molecule has 0 saturated carbocycles. The number of nitrogens with one attached hydrogen (secondary N) is 1. The number of guanidine groups is 1. The Hall–Kier alpha value is -1.83. The summed E-state index contributed by atoms with van der Waals surface area (Å²) in [6.07, 6.45) is -4.64. The van der Waals surface area contributed by atoms with Crippen molar-refractivity contribution in [2.45, 2.75) is 25.7 Å². The van der Waals surface area contributed by atoms with Gasteiger partial charge in [0, 0.05) is 13.2 Å². The zero-order valence-corrected chi connectivity index (χ0v) is 11.7. The van der Waals surface area contributed by atoms with Crippen LogP contribution < -0.4 is 11.1 Å². The van der Waals surface area contributed by atoms with Gasteiger partial charge in [-0.05, 0) is 24.6 Å². The molecule has 0 heterocycles. The molecule has 118 valence electrons. The number of nitrogens with zero attached hydrogens (tertiary/aromatic N) is 1. The molecule has 0 spiro atoms. The maximum absolute atomic E-state index is 12.9. The van der Waals surface area contributed by atoms with Gasteiger partial charge in [0.25, 0.3) is 0 Å². The molecule has 3 N–H and O–H groups in total. The van der Waals surface area contributed by atoms with E-state index < -0.39 is 17.6 Å². The van der Waals surface area contributed by atoms with E-state index >= 15 is 0 Å². The highest BCUT2D eigenvalue weighted by molar-refractivity contribution is 5.78. The van der Waals surface area contributed by atoms with Gasteiger partial charge in [-0.2, -0.15) is 13.2 Å². The summed E-state index contributed by atoms with van der Waals surface area (Å²) in [6, 6.07) is 2.32.